The van der Waals surface area contributed by atoms with Gasteiger partial charge in [0.15, 0.2) is 5.82 Å². The van der Waals surface area contributed by atoms with E-state index in [0.717, 1.165) is 57.2 Å². The number of nitrogens with zero attached hydrogens (tertiary/aromatic N) is 2. The Hall–Kier alpha value is -0.940. The number of ether oxygens (including phenoxy) is 1. The fraction of sp³-hybridized carbons (Fsp3) is 0.867. The van der Waals surface area contributed by atoms with Gasteiger partial charge in [-0.3, -0.25) is 0 Å². The van der Waals surface area contributed by atoms with Crippen molar-refractivity contribution in [1.82, 2.24) is 15.5 Å². The van der Waals surface area contributed by atoms with Crippen LogP contribution in [0.25, 0.3) is 0 Å². The van der Waals surface area contributed by atoms with Crippen LogP contribution in [-0.4, -0.2) is 35.9 Å². The molecule has 5 nitrogen and oxygen atoms in total. The molecule has 1 aliphatic heterocycles. The zero-order chi connectivity index (χ0) is 14.4. The minimum absolute atomic E-state index is 0.257. The van der Waals surface area contributed by atoms with E-state index in [9.17, 15) is 0 Å². The molecule has 1 saturated heterocycles. The molecule has 1 fully saturated rings. The summed E-state index contributed by atoms with van der Waals surface area (Å²) in [4.78, 5) is 4.64. The molecule has 0 aliphatic carbocycles. The van der Waals surface area contributed by atoms with Gasteiger partial charge in [0, 0.05) is 25.2 Å². The molecular weight excluding hydrogens is 254 g/mol. The summed E-state index contributed by atoms with van der Waals surface area (Å²) in [5.41, 5.74) is 0. The maximum Gasteiger partial charge on any atom is 0.231 e. The van der Waals surface area contributed by atoms with Gasteiger partial charge in [-0.25, -0.2) is 0 Å². The molecule has 20 heavy (non-hydrogen) atoms. The third kappa shape index (κ3) is 3.79. The Morgan fingerprint density at radius 1 is 1.30 bits per heavy atom. The summed E-state index contributed by atoms with van der Waals surface area (Å²) in [7, 11) is 0. The molecule has 0 bridgehead atoms. The molecule has 2 heterocycles. The summed E-state index contributed by atoms with van der Waals surface area (Å²) >= 11 is 0. The van der Waals surface area contributed by atoms with E-state index >= 15 is 0 Å². The lowest BCUT2D eigenvalue weighted by Crippen LogP contribution is -2.33. The highest BCUT2D eigenvalue weighted by atomic mass is 16.5. The van der Waals surface area contributed by atoms with Gasteiger partial charge >= 0.3 is 0 Å². The Morgan fingerprint density at radius 3 is 2.70 bits per heavy atom. The van der Waals surface area contributed by atoms with Crippen molar-refractivity contribution in [1.29, 1.82) is 0 Å². The summed E-state index contributed by atoms with van der Waals surface area (Å²) in [6.07, 6.45) is 4.20. The van der Waals surface area contributed by atoms with Gasteiger partial charge in [0.2, 0.25) is 5.89 Å². The summed E-state index contributed by atoms with van der Waals surface area (Å²) in [6, 6.07) is 0.401. The van der Waals surface area contributed by atoms with Crippen molar-refractivity contribution in [2.45, 2.75) is 64.3 Å². The maximum atomic E-state index is 5.50. The highest BCUT2D eigenvalue weighted by Gasteiger charge is 2.26. The number of aromatic nitrogens is 2. The van der Waals surface area contributed by atoms with Crippen LogP contribution in [-0.2, 0) is 4.74 Å². The highest BCUT2D eigenvalue weighted by Crippen LogP contribution is 2.27. The van der Waals surface area contributed by atoms with E-state index in [-0.39, 0.29) is 5.92 Å². The smallest absolute Gasteiger partial charge is 0.231 e. The summed E-state index contributed by atoms with van der Waals surface area (Å²) in [5.74, 6) is 2.28. The number of hydrogen-bond acceptors (Lipinski definition) is 5. The molecule has 0 aromatic carbocycles. The maximum absolute atomic E-state index is 5.50. The molecule has 2 unspecified atom stereocenters. The Kier molecular flexibility index (Phi) is 5.98. The first-order chi connectivity index (χ1) is 9.76. The first-order valence-electron chi connectivity index (χ1n) is 7.90. The van der Waals surface area contributed by atoms with Gasteiger partial charge in [0.1, 0.15) is 0 Å². The first-order valence-corrected chi connectivity index (χ1v) is 7.90. The van der Waals surface area contributed by atoms with Crippen LogP contribution in [0.2, 0.25) is 0 Å². The zero-order valence-electron chi connectivity index (χ0n) is 12.9. The first kappa shape index (κ1) is 15.4. The Bertz CT molecular complexity index is 388. The van der Waals surface area contributed by atoms with Crippen molar-refractivity contribution in [2.75, 3.05) is 19.8 Å². The normalized spacial score (nSPS) is 19.9. The Labute approximate surface area is 121 Å². The SMILES string of the molecule is CCCNC(CC)C(C)c1nc(C2CCOCC2)no1. The van der Waals surface area contributed by atoms with Gasteiger partial charge in [-0.05, 0) is 32.2 Å². The van der Waals surface area contributed by atoms with Crippen molar-refractivity contribution < 1.29 is 9.26 Å². The van der Waals surface area contributed by atoms with Crippen LogP contribution >= 0.6 is 0 Å². The zero-order valence-corrected chi connectivity index (χ0v) is 12.9. The minimum Gasteiger partial charge on any atom is -0.381 e. The van der Waals surface area contributed by atoms with E-state index in [1.165, 1.54) is 0 Å². The highest BCUT2D eigenvalue weighted by molar-refractivity contribution is 5.01. The van der Waals surface area contributed by atoms with Crippen LogP contribution in [0.5, 0.6) is 0 Å². The predicted molar refractivity (Wildman–Crippen MR) is 77.9 cm³/mol. The fourth-order valence-corrected chi connectivity index (χ4v) is 2.73. The van der Waals surface area contributed by atoms with Crippen molar-refractivity contribution in [3.05, 3.63) is 11.7 Å². The predicted octanol–water partition coefficient (Wildman–Crippen LogP) is 2.85. The van der Waals surface area contributed by atoms with Gasteiger partial charge in [-0.15, -0.1) is 0 Å². The van der Waals surface area contributed by atoms with Crippen LogP contribution in [0, 0.1) is 0 Å². The molecule has 1 aromatic heterocycles. The lowest BCUT2D eigenvalue weighted by molar-refractivity contribution is 0.0830. The van der Waals surface area contributed by atoms with Gasteiger partial charge < -0.3 is 14.6 Å². The topological polar surface area (TPSA) is 60.2 Å². The van der Waals surface area contributed by atoms with Gasteiger partial charge in [-0.2, -0.15) is 4.98 Å². The molecule has 114 valence electrons. The van der Waals surface area contributed by atoms with Crippen LogP contribution in [0.1, 0.15) is 70.0 Å². The van der Waals surface area contributed by atoms with Crippen LogP contribution < -0.4 is 5.32 Å². The average Bonchev–Trinajstić information content (AvgIpc) is 2.98. The molecule has 0 amide bonds. The van der Waals surface area contributed by atoms with E-state index in [4.69, 9.17) is 9.26 Å². The molecule has 2 atom stereocenters. The van der Waals surface area contributed by atoms with E-state index in [0.29, 0.717) is 12.0 Å². The standard InChI is InChI=1S/C15H27N3O2/c1-4-8-16-13(5-2)11(3)15-17-14(18-20-15)12-6-9-19-10-7-12/h11-13,16H,4-10H2,1-3H3. The minimum atomic E-state index is 0.257. The van der Waals surface area contributed by atoms with Crippen LogP contribution in [0.15, 0.2) is 4.52 Å². The Balaban J connectivity index is 1.98. The molecule has 1 aromatic rings. The second kappa shape index (κ2) is 7.74. The van der Waals surface area contributed by atoms with Crippen molar-refractivity contribution in [2.24, 2.45) is 0 Å². The van der Waals surface area contributed by atoms with Crippen LogP contribution in [0.3, 0.4) is 0 Å². The summed E-state index contributed by atoms with van der Waals surface area (Å²) < 4.78 is 10.9. The van der Waals surface area contributed by atoms with Gasteiger partial charge in [-0.1, -0.05) is 25.9 Å². The second-order valence-electron chi connectivity index (χ2n) is 5.64. The summed E-state index contributed by atoms with van der Waals surface area (Å²) in [5, 5.41) is 7.75. The molecule has 1 N–H and O–H groups in total. The van der Waals surface area contributed by atoms with Gasteiger partial charge in [0.05, 0.1) is 5.92 Å². The summed E-state index contributed by atoms with van der Waals surface area (Å²) in [6.45, 7) is 9.18. The van der Waals surface area contributed by atoms with Crippen molar-refractivity contribution >= 4 is 0 Å². The second-order valence-corrected chi connectivity index (χ2v) is 5.64. The third-order valence-corrected chi connectivity index (χ3v) is 4.13. The third-order valence-electron chi connectivity index (χ3n) is 4.13. The van der Waals surface area contributed by atoms with Gasteiger partial charge in [0.25, 0.3) is 0 Å². The monoisotopic (exact) mass is 281 g/mol. The van der Waals surface area contributed by atoms with Crippen molar-refractivity contribution in [3.63, 3.8) is 0 Å². The quantitative estimate of drug-likeness (QED) is 0.832. The Morgan fingerprint density at radius 2 is 2.05 bits per heavy atom. The van der Waals surface area contributed by atoms with Crippen LogP contribution in [0.4, 0.5) is 0 Å². The molecule has 0 saturated carbocycles. The molecule has 1 aliphatic rings. The molecule has 0 spiro atoms. The fourth-order valence-electron chi connectivity index (χ4n) is 2.73. The number of rotatable bonds is 7. The average molecular weight is 281 g/mol. The van der Waals surface area contributed by atoms with Crippen molar-refractivity contribution in [3.8, 4) is 0 Å². The largest absolute Gasteiger partial charge is 0.381 e. The lowest BCUT2D eigenvalue weighted by Gasteiger charge is -2.21. The molecule has 2 rings (SSSR count). The molecular formula is C15H27N3O2. The van der Waals surface area contributed by atoms with E-state index < -0.39 is 0 Å². The lowest BCUT2D eigenvalue weighted by atomic mass is 9.98. The van der Waals surface area contributed by atoms with E-state index in [2.05, 4.69) is 36.2 Å². The number of hydrogen-bond donors (Lipinski definition) is 1. The molecule has 0 radical (unpaired) electrons. The van der Waals surface area contributed by atoms with E-state index in [1.807, 2.05) is 0 Å². The number of nitrogens with one attached hydrogen (secondary N) is 1. The molecule has 5 heteroatoms. The van der Waals surface area contributed by atoms with E-state index in [1.54, 1.807) is 0 Å².